The minimum Gasteiger partial charge on any atom is -0.172 e. The molecule has 0 fully saturated rings. The van der Waals surface area contributed by atoms with E-state index in [1.54, 1.807) is 0 Å². The summed E-state index contributed by atoms with van der Waals surface area (Å²) in [4.78, 5) is -2.26. The van der Waals surface area contributed by atoms with Gasteiger partial charge in [0.25, 0.3) is 0 Å². The van der Waals surface area contributed by atoms with E-state index in [9.17, 15) is 52.7 Å². The van der Waals surface area contributed by atoms with Crippen molar-refractivity contribution in [3.63, 3.8) is 0 Å². The molecule has 0 aromatic carbocycles. The van der Waals surface area contributed by atoms with Gasteiger partial charge in [-0.15, -0.1) is 48.0 Å². The van der Waals surface area contributed by atoms with Crippen molar-refractivity contribution in [1.82, 2.24) is 0 Å². The quantitative estimate of drug-likeness (QED) is 0.209. The zero-order valence-electron chi connectivity index (χ0n) is 11.9. The van der Waals surface area contributed by atoms with Crippen LogP contribution in [0.3, 0.4) is 0 Å². The summed E-state index contributed by atoms with van der Waals surface area (Å²) in [6.07, 6.45) is -16.9. The largest absolute Gasteiger partial charge is 0.418 e. The van der Waals surface area contributed by atoms with E-state index >= 15 is 0 Å². The fraction of sp³-hybridized carbons (Fsp3) is 1.00. The van der Waals surface area contributed by atoms with Crippen LogP contribution in [0.25, 0.3) is 0 Å². The van der Waals surface area contributed by atoms with Gasteiger partial charge in [-0.2, -0.15) is 52.7 Å². The molecule has 0 amide bonds. The Hall–Kier alpha value is 0.900. The molecule has 0 nitrogen and oxygen atoms in total. The average molecular weight is 551 g/mol. The first-order valence-electron chi connectivity index (χ1n) is 4.73. The summed E-state index contributed by atoms with van der Waals surface area (Å²) in [5, 5.41) is 0. The summed E-state index contributed by atoms with van der Waals surface area (Å²) in [5.41, 5.74) is 0. The van der Waals surface area contributed by atoms with Gasteiger partial charge in [-0.3, -0.25) is 0 Å². The fourth-order valence-electron chi connectivity index (χ4n) is 0. The van der Waals surface area contributed by atoms with E-state index in [1.807, 2.05) is 0 Å². The van der Waals surface area contributed by atoms with Gasteiger partial charge in [0.2, 0.25) is 4.84 Å². The molecule has 0 aromatic rings. The van der Waals surface area contributed by atoms with E-state index in [0.717, 1.165) is 0 Å². The van der Waals surface area contributed by atoms with Gasteiger partial charge in [-0.05, 0) is 0 Å². The summed E-state index contributed by atoms with van der Waals surface area (Å²) < 4.78 is 128. The molecule has 0 rings (SSSR count). The highest BCUT2D eigenvalue weighted by Gasteiger charge is 2.36. The van der Waals surface area contributed by atoms with Crippen molar-refractivity contribution in [3.8, 4) is 0 Å². The van der Waals surface area contributed by atoms with Gasteiger partial charge in [0.15, 0.2) is 0 Å². The molecule has 0 radical (unpaired) electrons. The zero-order chi connectivity index (χ0) is 21.0. The molecule has 18 heteroatoms. The predicted molar refractivity (Wildman–Crippen MR) is 85.6 cm³/mol. The first kappa shape index (κ1) is 41.3. The van der Waals surface area contributed by atoms with Crippen LogP contribution in [0.4, 0.5) is 52.7 Å². The molecule has 0 N–H and O–H groups in total. The van der Waals surface area contributed by atoms with Crippen LogP contribution in [0, 0.1) is 0 Å². The smallest absolute Gasteiger partial charge is 0.172 e. The maximum absolute atomic E-state index is 10.9. The van der Waals surface area contributed by atoms with Crippen molar-refractivity contribution in [2.24, 2.45) is 0 Å². The van der Waals surface area contributed by atoms with E-state index in [0.29, 0.717) is 0 Å². The first-order valence-corrected chi connectivity index (χ1v) is 6.68. The molecule has 0 atom stereocenters. The summed E-state index contributed by atoms with van der Waals surface area (Å²) >= 11 is 17.5. The third kappa shape index (κ3) is 85.5. The van der Waals surface area contributed by atoms with Crippen LogP contribution in [0.15, 0.2) is 0 Å². The standard InChI is InChI=1S/C2HCl2F3.2C2H2ClF3.C2H3F3.2ClH.2H2/c3-1(4)2(5,6)7;2*3-1-2(4,5)6;1-2(3,4)5;;;;/h1H;2*1H2;1H3;4*1H. The number of hydrogen-bond donors (Lipinski definition) is 0. The third-order valence-corrected chi connectivity index (χ3v) is 1.65. The summed E-state index contributed by atoms with van der Waals surface area (Å²) in [6.45, 7) is 0.188. The highest BCUT2D eigenvalue weighted by atomic mass is 35.5. The zero-order valence-corrected chi connectivity index (χ0v) is 16.5. The predicted octanol–water partition coefficient (Wildman–Crippen LogP) is 8.83. The summed E-state index contributed by atoms with van der Waals surface area (Å²) in [6, 6.07) is 0. The van der Waals surface area contributed by atoms with Crippen LogP contribution in [0.5, 0.6) is 0 Å². The number of rotatable bonds is 0. The van der Waals surface area contributed by atoms with Crippen molar-refractivity contribution in [2.45, 2.75) is 36.5 Å². The van der Waals surface area contributed by atoms with Crippen LogP contribution in [-0.4, -0.2) is 41.3 Å². The van der Waals surface area contributed by atoms with Crippen LogP contribution >= 0.6 is 71.2 Å². The van der Waals surface area contributed by atoms with Crippen LogP contribution < -0.4 is 0 Å². The van der Waals surface area contributed by atoms with E-state index in [2.05, 4.69) is 46.4 Å². The lowest BCUT2D eigenvalue weighted by atomic mass is 10.8. The Balaban J connectivity index is -0.0000000305. The maximum atomic E-state index is 10.9. The Labute approximate surface area is 175 Å². The second kappa shape index (κ2) is 18.0. The van der Waals surface area contributed by atoms with Gasteiger partial charge in [-0.1, -0.05) is 23.2 Å². The maximum Gasteiger partial charge on any atom is 0.418 e. The summed E-state index contributed by atoms with van der Waals surface area (Å²) in [7, 11) is 0. The molecule has 0 heterocycles. The molecule has 0 saturated carbocycles. The molecule has 0 aliphatic heterocycles. The van der Waals surface area contributed by atoms with E-state index in [4.69, 9.17) is 0 Å². The minimum atomic E-state index is -4.47. The Kier molecular flexibility index (Phi) is 28.5. The Morgan fingerprint density at radius 1 is 0.654 bits per heavy atom. The topological polar surface area (TPSA) is 0 Å². The summed E-state index contributed by atoms with van der Waals surface area (Å²) in [5.74, 6) is -2.51. The Morgan fingerprint density at radius 3 is 0.731 bits per heavy atom. The molecule has 0 spiro atoms. The molecule has 26 heavy (non-hydrogen) atoms. The molecule has 0 aliphatic carbocycles. The van der Waals surface area contributed by atoms with Gasteiger partial charge in [0, 0.05) is 9.78 Å². The lowest BCUT2D eigenvalue weighted by Gasteiger charge is -2.03. The number of alkyl halides is 16. The van der Waals surface area contributed by atoms with Crippen molar-refractivity contribution in [1.29, 1.82) is 0 Å². The van der Waals surface area contributed by atoms with Gasteiger partial charge in [-0.25, -0.2) is 0 Å². The third-order valence-electron chi connectivity index (χ3n) is 0.550. The lowest BCUT2D eigenvalue weighted by Crippen LogP contribution is -2.16. The SMILES string of the molecule is CC(F)(F)F.Cl.Cl.FC(F)(F)C(Cl)Cl.FC(F)(F)CCl.FC(F)(F)CCl.[HH].[HH]. The van der Waals surface area contributed by atoms with Crippen LogP contribution in [-0.2, 0) is 0 Å². The first-order chi connectivity index (χ1) is 10.1. The minimum absolute atomic E-state index is 0. The van der Waals surface area contributed by atoms with E-state index in [-0.39, 0.29) is 34.6 Å². The van der Waals surface area contributed by atoms with Crippen LogP contribution in [0.2, 0.25) is 0 Å². The van der Waals surface area contributed by atoms with Crippen molar-refractivity contribution in [2.75, 3.05) is 11.8 Å². The monoisotopic (exact) mass is 548 g/mol. The molecule has 0 bridgehead atoms. The highest BCUT2D eigenvalue weighted by molar-refractivity contribution is 6.44. The molecule has 0 saturated heterocycles. The average Bonchev–Trinajstić information content (AvgIpc) is 2.25. The lowest BCUT2D eigenvalue weighted by molar-refractivity contribution is -0.115. The highest BCUT2D eigenvalue weighted by Crippen LogP contribution is 2.27. The molecule has 0 unspecified atom stereocenters. The fourth-order valence-corrected chi connectivity index (χ4v) is 0. The Bertz CT molecular complexity index is 272. The Morgan fingerprint density at radius 2 is 0.731 bits per heavy atom. The van der Waals surface area contributed by atoms with E-state index < -0.39 is 41.3 Å². The molecule has 0 aromatic heterocycles. The van der Waals surface area contributed by atoms with Gasteiger partial charge in [0.1, 0.15) is 11.8 Å². The van der Waals surface area contributed by atoms with Gasteiger partial charge >= 0.3 is 24.7 Å². The van der Waals surface area contributed by atoms with Crippen LogP contribution in [0.1, 0.15) is 9.78 Å². The normalized spacial score (nSPS) is 11.3. The van der Waals surface area contributed by atoms with Gasteiger partial charge < -0.3 is 0 Å². The molecule has 0 aliphatic rings. The van der Waals surface area contributed by atoms with Crippen molar-refractivity contribution >= 4 is 71.2 Å². The molecular weight excluding hydrogens is 537 g/mol. The molecular formula is C8H14Cl6F12. The number of halogens is 18. The van der Waals surface area contributed by atoms with Crippen molar-refractivity contribution in [3.05, 3.63) is 0 Å². The van der Waals surface area contributed by atoms with E-state index in [1.165, 1.54) is 0 Å². The molecule has 172 valence electrons. The second-order valence-electron chi connectivity index (χ2n) is 3.12. The second-order valence-corrected chi connectivity index (χ2v) is 4.75. The van der Waals surface area contributed by atoms with Gasteiger partial charge in [0.05, 0.1) is 0 Å². The van der Waals surface area contributed by atoms with Crippen molar-refractivity contribution < 1.29 is 55.5 Å². The number of hydrogen-bond acceptors (Lipinski definition) is 0.